The maximum absolute atomic E-state index is 6.14. The summed E-state index contributed by atoms with van der Waals surface area (Å²) in [6.07, 6.45) is 0. The molecule has 0 amide bonds. The normalized spacial score (nSPS) is 14.6. The zero-order valence-electron chi connectivity index (χ0n) is 9.46. The third-order valence-corrected chi connectivity index (χ3v) is 10.7. The molecule has 0 spiro atoms. The Labute approximate surface area is 104 Å². The highest BCUT2D eigenvalue weighted by Gasteiger charge is 2.34. The van der Waals surface area contributed by atoms with E-state index in [-0.39, 0.29) is 0 Å². The van der Waals surface area contributed by atoms with Gasteiger partial charge in [0, 0.05) is 0 Å². The topological polar surface area (TPSA) is 9.23 Å². The number of hydrogen-bond donors (Lipinski definition) is 0. The summed E-state index contributed by atoms with van der Waals surface area (Å²) in [6.45, 7) is 11.0. The molecule has 0 N–H and O–H groups in total. The van der Waals surface area contributed by atoms with E-state index in [1.54, 1.807) is 0 Å². The van der Waals surface area contributed by atoms with Gasteiger partial charge in [-0.1, -0.05) is 0 Å². The number of rotatable bonds is 5. The monoisotopic (exact) mass is 308 g/mol. The van der Waals surface area contributed by atoms with E-state index in [4.69, 9.17) is 37.4 Å². The average molecular weight is 310 g/mol. The van der Waals surface area contributed by atoms with Crippen molar-refractivity contribution in [3.63, 3.8) is 0 Å². The zero-order chi connectivity index (χ0) is 11.6. The Bertz CT molecular complexity index is 186. The summed E-state index contributed by atoms with van der Waals surface area (Å²) in [5.41, 5.74) is 0. The molecule has 0 aliphatic carbocycles. The fourth-order valence-corrected chi connectivity index (χ4v) is 14.5. The fraction of sp³-hybridized carbons (Fsp3) is 1.00. The van der Waals surface area contributed by atoms with Crippen LogP contribution in [-0.2, 0) is 4.12 Å². The Hall–Kier alpha value is 1.48. The first-order chi connectivity index (χ1) is 5.91. The molecule has 0 aromatic rings. The summed E-state index contributed by atoms with van der Waals surface area (Å²) in [7, 11) is -3.05. The van der Waals surface area contributed by atoms with E-state index < -0.39 is 22.6 Å². The predicted octanol–water partition coefficient (Wildman–Crippen LogP) is 4.70. The SMILES string of the molecule is C[Si](C)(C)O[Si](C)(C)CC[Si](Cl)(Cl)Cl. The van der Waals surface area contributed by atoms with Gasteiger partial charge in [0.05, 0.1) is 0 Å². The van der Waals surface area contributed by atoms with Gasteiger partial charge in [0.15, 0.2) is 16.6 Å². The van der Waals surface area contributed by atoms with E-state index in [2.05, 4.69) is 32.7 Å². The van der Waals surface area contributed by atoms with E-state index in [1.165, 1.54) is 0 Å². The van der Waals surface area contributed by atoms with Crippen molar-refractivity contribution in [2.24, 2.45) is 0 Å². The van der Waals surface area contributed by atoms with Gasteiger partial charge in [-0.05, 0) is 44.8 Å². The van der Waals surface area contributed by atoms with Gasteiger partial charge in [0.25, 0.3) is 0 Å². The molecule has 1 nitrogen and oxygen atoms in total. The molecule has 0 bridgehead atoms. The van der Waals surface area contributed by atoms with Crippen LogP contribution in [0, 0.1) is 0 Å². The van der Waals surface area contributed by atoms with Gasteiger partial charge in [-0.3, -0.25) is 0 Å². The van der Waals surface area contributed by atoms with E-state index in [9.17, 15) is 0 Å². The average Bonchev–Trinajstić information content (AvgIpc) is 1.76. The minimum absolute atomic E-state index is 0.724. The lowest BCUT2D eigenvalue weighted by Gasteiger charge is -2.32. The van der Waals surface area contributed by atoms with E-state index in [0.29, 0.717) is 0 Å². The molecule has 0 rings (SSSR count). The van der Waals surface area contributed by atoms with Crippen LogP contribution < -0.4 is 0 Å². The first-order valence-corrected chi connectivity index (χ1v) is 16.4. The molecule has 0 aromatic carbocycles. The van der Waals surface area contributed by atoms with Crippen LogP contribution in [0.5, 0.6) is 0 Å². The highest BCUT2D eigenvalue weighted by Crippen LogP contribution is 2.31. The molecule has 0 saturated heterocycles. The standard InChI is InChI=1S/C7H19Cl3OSi3/c1-12(2,3)11-13(4,5)6-7-14(8,9)10/h6-7H2,1-5H3. The Morgan fingerprint density at radius 1 is 0.857 bits per heavy atom. The predicted molar refractivity (Wildman–Crippen MR) is 74.8 cm³/mol. The van der Waals surface area contributed by atoms with Crippen LogP contribution in [-0.4, -0.2) is 22.6 Å². The highest BCUT2D eigenvalue weighted by atomic mass is 35.8. The summed E-state index contributed by atoms with van der Waals surface area (Å²) in [5, 5.41) is 0. The molecule has 0 atom stereocenters. The molecular weight excluding hydrogens is 291 g/mol. The zero-order valence-corrected chi connectivity index (χ0v) is 14.7. The van der Waals surface area contributed by atoms with Gasteiger partial charge < -0.3 is 4.12 Å². The summed E-state index contributed by atoms with van der Waals surface area (Å²) in [4.78, 5) is 0. The lowest BCUT2D eigenvalue weighted by Crippen LogP contribution is -2.42. The Balaban J connectivity index is 4.09. The molecule has 86 valence electrons. The summed E-state index contributed by atoms with van der Waals surface area (Å²) >= 11 is 17.6. The van der Waals surface area contributed by atoms with Crippen LogP contribution in [0.15, 0.2) is 0 Å². The quantitative estimate of drug-likeness (QED) is 0.528. The van der Waals surface area contributed by atoms with E-state index in [0.717, 1.165) is 12.1 Å². The number of halogens is 3. The molecule has 0 aromatic heterocycles. The maximum atomic E-state index is 6.14. The van der Waals surface area contributed by atoms with E-state index in [1.807, 2.05) is 0 Å². The van der Waals surface area contributed by atoms with Crippen LogP contribution in [0.3, 0.4) is 0 Å². The third-order valence-electron chi connectivity index (χ3n) is 1.59. The van der Waals surface area contributed by atoms with Gasteiger partial charge in [-0.2, -0.15) is 0 Å². The van der Waals surface area contributed by atoms with Gasteiger partial charge in [-0.15, -0.1) is 33.2 Å². The molecule has 0 radical (unpaired) electrons. The Morgan fingerprint density at radius 2 is 1.29 bits per heavy atom. The molecule has 0 fully saturated rings. The lowest BCUT2D eigenvalue weighted by atomic mass is 10.9. The second kappa shape index (κ2) is 5.21. The molecular formula is C7H19Cl3OSi3. The van der Waals surface area contributed by atoms with Crippen LogP contribution in [0.2, 0.25) is 44.8 Å². The minimum Gasteiger partial charge on any atom is -0.456 e. The summed E-state index contributed by atoms with van der Waals surface area (Å²) < 4.78 is 6.14. The van der Waals surface area contributed by atoms with Crippen LogP contribution in [0.4, 0.5) is 0 Å². The maximum Gasteiger partial charge on any atom is 0.341 e. The first kappa shape index (κ1) is 15.5. The van der Waals surface area contributed by atoms with Gasteiger partial charge >= 0.3 is 6.00 Å². The molecule has 0 heterocycles. The molecule has 14 heavy (non-hydrogen) atoms. The van der Waals surface area contributed by atoms with Crippen LogP contribution in [0.25, 0.3) is 0 Å². The minimum atomic E-state index is -2.46. The summed E-state index contributed by atoms with van der Waals surface area (Å²) in [5.74, 6) is 0. The number of hydrogen-bond acceptors (Lipinski definition) is 1. The lowest BCUT2D eigenvalue weighted by molar-refractivity contribution is 0.550. The summed E-state index contributed by atoms with van der Waals surface area (Å²) in [6, 6.07) is -0.774. The van der Waals surface area contributed by atoms with Crippen LogP contribution >= 0.6 is 33.2 Å². The molecule has 0 saturated carbocycles. The van der Waals surface area contributed by atoms with Crippen molar-refractivity contribution in [2.75, 3.05) is 0 Å². The molecule has 0 aliphatic rings. The Morgan fingerprint density at radius 3 is 1.57 bits per heavy atom. The Kier molecular flexibility index (Phi) is 5.76. The van der Waals surface area contributed by atoms with Gasteiger partial charge in [-0.25, -0.2) is 0 Å². The van der Waals surface area contributed by atoms with Crippen molar-refractivity contribution in [2.45, 2.75) is 44.8 Å². The molecule has 7 heteroatoms. The van der Waals surface area contributed by atoms with Crippen molar-refractivity contribution in [3.8, 4) is 0 Å². The second-order valence-electron chi connectivity index (χ2n) is 5.09. The van der Waals surface area contributed by atoms with Crippen molar-refractivity contribution in [3.05, 3.63) is 0 Å². The third kappa shape index (κ3) is 10.0. The van der Waals surface area contributed by atoms with Gasteiger partial charge in [0.1, 0.15) is 0 Å². The fourth-order valence-electron chi connectivity index (χ4n) is 1.32. The van der Waals surface area contributed by atoms with Crippen molar-refractivity contribution in [1.82, 2.24) is 0 Å². The molecule has 0 aliphatic heterocycles. The second-order valence-corrected chi connectivity index (χ2v) is 23.4. The van der Waals surface area contributed by atoms with Crippen molar-refractivity contribution < 1.29 is 4.12 Å². The highest BCUT2D eigenvalue weighted by molar-refractivity contribution is 7.64. The van der Waals surface area contributed by atoms with E-state index >= 15 is 0 Å². The van der Waals surface area contributed by atoms with Gasteiger partial charge in [0.2, 0.25) is 0 Å². The van der Waals surface area contributed by atoms with Crippen molar-refractivity contribution in [1.29, 1.82) is 0 Å². The smallest absolute Gasteiger partial charge is 0.341 e. The van der Waals surface area contributed by atoms with Crippen molar-refractivity contribution >= 4 is 55.9 Å². The largest absolute Gasteiger partial charge is 0.456 e. The van der Waals surface area contributed by atoms with Crippen LogP contribution in [0.1, 0.15) is 0 Å². The first-order valence-electron chi connectivity index (χ1n) is 4.68. The molecule has 0 unspecified atom stereocenters.